The molecule has 0 atom stereocenters. The normalized spacial score (nSPS) is 19.2. The van der Waals surface area contributed by atoms with Crippen LogP contribution in [0.15, 0.2) is 48.5 Å². The molecule has 2 aromatic rings. The lowest BCUT2D eigenvalue weighted by molar-refractivity contribution is -0.897. The van der Waals surface area contributed by atoms with Crippen molar-refractivity contribution in [3.05, 3.63) is 65.5 Å². The molecule has 0 saturated carbocycles. The van der Waals surface area contributed by atoms with Crippen LogP contribution >= 0.6 is 0 Å². The molecule has 1 aliphatic heterocycles. The number of amides is 2. The zero-order valence-corrected chi connectivity index (χ0v) is 17.9. The van der Waals surface area contributed by atoms with Gasteiger partial charge < -0.3 is 15.5 Å². The van der Waals surface area contributed by atoms with Crippen molar-refractivity contribution in [3.8, 4) is 0 Å². The summed E-state index contributed by atoms with van der Waals surface area (Å²) < 4.78 is 13.2. The second-order valence-electron chi connectivity index (χ2n) is 9.06. The Balaban J connectivity index is 1.44. The molecule has 3 N–H and O–H groups in total. The maximum Gasteiger partial charge on any atom is 0.279 e. The standard InChI is InChI=1S/C24H30FN3O2/c1-24(2,3)18-9-7-17(8-10-18)23(30)27-20-11-13-28(14-12-20)16-22(29)26-21-6-4-5-19(25)15-21/h4-10,15,20H,11-14,16H2,1-3H3,(H,26,29)(H,27,30)/p+1. The van der Waals surface area contributed by atoms with Crippen molar-refractivity contribution in [1.82, 2.24) is 5.32 Å². The first-order valence-corrected chi connectivity index (χ1v) is 10.5. The number of carbonyl (C=O) groups excluding carboxylic acids is 2. The monoisotopic (exact) mass is 412 g/mol. The second-order valence-corrected chi connectivity index (χ2v) is 9.06. The Kier molecular flexibility index (Phi) is 6.87. The summed E-state index contributed by atoms with van der Waals surface area (Å²) in [6, 6.07) is 13.8. The van der Waals surface area contributed by atoms with Gasteiger partial charge in [-0.15, -0.1) is 0 Å². The van der Waals surface area contributed by atoms with Crippen molar-refractivity contribution in [2.45, 2.75) is 45.1 Å². The van der Waals surface area contributed by atoms with Crippen LogP contribution in [0, 0.1) is 5.82 Å². The molecule has 1 fully saturated rings. The number of hydrogen-bond acceptors (Lipinski definition) is 2. The van der Waals surface area contributed by atoms with Crippen LogP contribution in [0.3, 0.4) is 0 Å². The molecule has 0 radical (unpaired) electrons. The van der Waals surface area contributed by atoms with Crippen molar-refractivity contribution in [2.24, 2.45) is 0 Å². The molecule has 0 spiro atoms. The molecule has 1 saturated heterocycles. The highest BCUT2D eigenvalue weighted by Gasteiger charge is 2.25. The molecule has 2 amide bonds. The van der Waals surface area contributed by atoms with E-state index in [4.69, 9.17) is 0 Å². The molecule has 5 nitrogen and oxygen atoms in total. The summed E-state index contributed by atoms with van der Waals surface area (Å²) in [5.74, 6) is -0.547. The summed E-state index contributed by atoms with van der Waals surface area (Å²) in [6.07, 6.45) is 1.66. The Morgan fingerprint density at radius 3 is 2.33 bits per heavy atom. The fraction of sp³-hybridized carbons (Fsp3) is 0.417. The van der Waals surface area contributed by atoms with Gasteiger partial charge in [-0.1, -0.05) is 39.0 Å². The maximum atomic E-state index is 13.2. The first-order valence-electron chi connectivity index (χ1n) is 10.5. The number of nitrogens with one attached hydrogen (secondary N) is 3. The smallest absolute Gasteiger partial charge is 0.279 e. The molecular weight excluding hydrogens is 381 g/mol. The number of hydrogen-bond donors (Lipinski definition) is 3. The summed E-state index contributed by atoms with van der Waals surface area (Å²) >= 11 is 0. The second kappa shape index (κ2) is 9.39. The predicted octanol–water partition coefficient (Wildman–Crippen LogP) is 2.54. The van der Waals surface area contributed by atoms with Gasteiger partial charge in [-0.05, 0) is 41.3 Å². The average Bonchev–Trinajstić information content (AvgIpc) is 2.69. The fourth-order valence-electron chi connectivity index (χ4n) is 3.74. The third-order valence-electron chi connectivity index (χ3n) is 5.56. The highest BCUT2D eigenvalue weighted by Crippen LogP contribution is 2.22. The molecule has 0 aliphatic carbocycles. The van der Waals surface area contributed by atoms with Crippen LogP contribution in [0.1, 0.15) is 49.5 Å². The van der Waals surface area contributed by atoms with Gasteiger partial charge in [0.1, 0.15) is 5.82 Å². The minimum absolute atomic E-state index is 0.0484. The van der Waals surface area contributed by atoms with E-state index in [0.717, 1.165) is 25.9 Å². The maximum absolute atomic E-state index is 13.2. The minimum Gasteiger partial charge on any atom is -0.349 e. The number of benzene rings is 2. The number of halogens is 1. The number of rotatable bonds is 5. The lowest BCUT2D eigenvalue weighted by Gasteiger charge is -2.29. The van der Waals surface area contributed by atoms with Gasteiger partial charge in [0, 0.05) is 30.1 Å². The van der Waals surface area contributed by atoms with Crippen molar-refractivity contribution in [3.63, 3.8) is 0 Å². The van der Waals surface area contributed by atoms with E-state index in [1.807, 2.05) is 24.3 Å². The van der Waals surface area contributed by atoms with Crippen LogP contribution in [0.4, 0.5) is 10.1 Å². The van der Waals surface area contributed by atoms with Gasteiger partial charge in [0.15, 0.2) is 6.54 Å². The van der Waals surface area contributed by atoms with Crippen LogP contribution in [-0.2, 0) is 10.2 Å². The topological polar surface area (TPSA) is 62.6 Å². The lowest BCUT2D eigenvalue weighted by Crippen LogP contribution is -3.14. The number of quaternary nitrogens is 1. The number of piperidine rings is 1. The third-order valence-corrected chi connectivity index (χ3v) is 5.56. The quantitative estimate of drug-likeness (QED) is 0.707. The zero-order valence-electron chi connectivity index (χ0n) is 17.9. The fourth-order valence-corrected chi connectivity index (χ4v) is 3.74. The van der Waals surface area contributed by atoms with E-state index in [0.29, 0.717) is 17.8 Å². The highest BCUT2D eigenvalue weighted by molar-refractivity contribution is 5.94. The molecule has 0 aromatic heterocycles. The van der Waals surface area contributed by atoms with Gasteiger partial charge in [-0.25, -0.2) is 4.39 Å². The first kappa shape index (κ1) is 22.0. The van der Waals surface area contributed by atoms with Crippen LogP contribution in [0.2, 0.25) is 0 Å². The van der Waals surface area contributed by atoms with Gasteiger partial charge in [-0.2, -0.15) is 0 Å². The van der Waals surface area contributed by atoms with Crippen LogP contribution in [0.5, 0.6) is 0 Å². The average molecular weight is 413 g/mol. The van der Waals surface area contributed by atoms with E-state index in [-0.39, 0.29) is 29.1 Å². The Morgan fingerprint density at radius 2 is 1.73 bits per heavy atom. The van der Waals surface area contributed by atoms with Crippen molar-refractivity contribution in [1.29, 1.82) is 0 Å². The Hall–Kier alpha value is -2.73. The van der Waals surface area contributed by atoms with Crippen molar-refractivity contribution >= 4 is 17.5 Å². The van der Waals surface area contributed by atoms with E-state index in [9.17, 15) is 14.0 Å². The molecule has 3 rings (SSSR count). The molecule has 6 heteroatoms. The molecule has 0 unspecified atom stereocenters. The minimum atomic E-state index is -0.371. The summed E-state index contributed by atoms with van der Waals surface area (Å²) in [6.45, 7) is 8.41. The number of likely N-dealkylation sites (tertiary alicyclic amines) is 1. The molecule has 1 aliphatic rings. The lowest BCUT2D eigenvalue weighted by atomic mass is 9.86. The van der Waals surface area contributed by atoms with Gasteiger partial charge in [0.25, 0.3) is 11.8 Å². The van der Waals surface area contributed by atoms with Gasteiger partial charge >= 0.3 is 0 Å². The van der Waals surface area contributed by atoms with E-state index >= 15 is 0 Å². The summed E-state index contributed by atoms with van der Waals surface area (Å²) in [4.78, 5) is 25.9. The molecule has 1 heterocycles. The molecule has 160 valence electrons. The van der Waals surface area contributed by atoms with Crippen molar-refractivity contribution < 1.29 is 18.9 Å². The highest BCUT2D eigenvalue weighted by atomic mass is 19.1. The SMILES string of the molecule is CC(C)(C)c1ccc(C(=O)NC2CC[NH+](CC(=O)Nc3cccc(F)c3)CC2)cc1. The van der Waals surface area contributed by atoms with Gasteiger partial charge in [0.05, 0.1) is 13.1 Å². The van der Waals surface area contributed by atoms with Crippen LogP contribution in [-0.4, -0.2) is 37.5 Å². The van der Waals surface area contributed by atoms with E-state index < -0.39 is 0 Å². The van der Waals surface area contributed by atoms with Crippen molar-refractivity contribution in [2.75, 3.05) is 25.0 Å². The van der Waals surface area contributed by atoms with E-state index in [2.05, 4.69) is 31.4 Å². The molecule has 30 heavy (non-hydrogen) atoms. The molecular formula is C24H31FN3O2+. The van der Waals surface area contributed by atoms with E-state index in [1.165, 1.54) is 22.6 Å². The molecule has 2 aromatic carbocycles. The first-order chi connectivity index (χ1) is 14.2. The zero-order chi connectivity index (χ0) is 21.7. The number of carbonyl (C=O) groups is 2. The summed E-state index contributed by atoms with van der Waals surface area (Å²) in [5.41, 5.74) is 2.41. The summed E-state index contributed by atoms with van der Waals surface area (Å²) in [5, 5.41) is 5.86. The van der Waals surface area contributed by atoms with E-state index in [1.54, 1.807) is 12.1 Å². The Bertz CT molecular complexity index is 882. The largest absolute Gasteiger partial charge is 0.349 e. The number of anilines is 1. The van der Waals surface area contributed by atoms with Crippen LogP contribution < -0.4 is 15.5 Å². The molecule has 0 bridgehead atoms. The van der Waals surface area contributed by atoms with Gasteiger partial charge in [-0.3, -0.25) is 9.59 Å². The Morgan fingerprint density at radius 1 is 1.07 bits per heavy atom. The van der Waals surface area contributed by atoms with Gasteiger partial charge in [0.2, 0.25) is 0 Å². The van der Waals surface area contributed by atoms with Crippen LogP contribution in [0.25, 0.3) is 0 Å². The third kappa shape index (κ3) is 6.13. The predicted molar refractivity (Wildman–Crippen MR) is 116 cm³/mol. The summed E-state index contributed by atoms with van der Waals surface area (Å²) in [7, 11) is 0. The Labute approximate surface area is 177 Å².